The summed E-state index contributed by atoms with van der Waals surface area (Å²) in [6.45, 7) is 4.15. The number of aldehydes is 1. The van der Waals surface area contributed by atoms with E-state index in [2.05, 4.69) is 32.2 Å². The number of methoxy groups -OCH3 is 1. The van der Waals surface area contributed by atoms with E-state index in [4.69, 9.17) is 4.74 Å². The van der Waals surface area contributed by atoms with Crippen LogP contribution in [0.5, 0.6) is 5.75 Å². The predicted octanol–water partition coefficient (Wildman–Crippen LogP) is 2.95. The van der Waals surface area contributed by atoms with Crippen molar-refractivity contribution in [3.05, 3.63) is 89.6 Å². The van der Waals surface area contributed by atoms with Gasteiger partial charge in [0.15, 0.2) is 0 Å². The number of carbonyl (C=O) groups excluding carboxylic acids is 2. The first-order valence-electron chi connectivity index (χ1n) is 11.5. The number of benzene rings is 2. The van der Waals surface area contributed by atoms with Gasteiger partial charge in [-0.3, -0.25) is 9.69 Å². The molecule has 1 unspecified atom stereocenters. The molecule has 0 saturated carbocycles. The zero-order valence-electron chi connectivity index (χ0n) is 19.4. The zero-order valence-corrected chi connectivity index (χ0v) is 19.4. The summed E-state index contributed by atoms with van der Waals surface area (Å²) in [5.74, 6) is 1.24. The molecule has 3 aromatic rings. The molecule has 0 radical (unpaired) electrons. The van der Waals surface area contributed by atoms with Crippen LogP contribution in [-0.2, 0) is 17.8 Å². The molecule has 1 N–H and O–H groups in total. The lowest BCUT2D eigenvalue weighted by Gasteiger charge is -2.36. The maximum Gasteiger partial charge on any atom is 0.255 e. The maximum absolute atomic E-state index is 13.1. The number of hydrogen-bond acceptors (Lipinski definition) is 6. The van der Waals surface area contributed by atoms with Gasteiger partial charge in [-0.2, -0.15) is 0 Å². The molecular weight excluding hydrogens is 428 g/mol. The third-order valence-corrected chi connectivity index (χ3v) is 6.05. The summed E-state index contributed by atoms with van der Waals surface area (Å²) in [5, 5.41) is 2.87. The minimum Gasteiger partial charge on any atom is -0.497 e. The van der Waals surface area contributed by atoms with Gasteiger partial charge >= 0.3 is 0 Å². The van der Waals surface area contributed by atoms with Crippen molar-refractivity contribution in [2.45, 2.75) is 19.0 Å². The number of nitrogens with one attached hydrogen (secondary N) is 1. The molecule has 176 valence electrons. The SMILES string of the molecule is COc1ccc(CN2CCN(c3ncccc3C(=O)NC(C=O)Cc3ccccc3)CC2)cc1. The smallest absolute Gasteiger partial charge is 0.255 e. The molecule has 1 aliphatic heterocycles. The lowest BCUT2D eigenvalue weighted by Crippen LogP contribution is -2.47. The number of ether oxygens (including phenoxy) is 1. The van der Waals surface area contributed by atoms with Crippen molar-refractivity contribution < 1.29 is 14.3 Å². The molecular formula is C27H30N4O3. The first-order chi connectivity index (χ1) is 16.7. The van der Waals surface area contributed by atoms with E-state index in [0.29, 0.717) is 17.8 Å². The van der Waals surface area contributed by atoms with Crippen LogP contribution in [0.3, 0.4) is 0 Å². The van der Waals surface area contributed by atoms with Crippen molar-refractivity contribution in [2.24, 2.45) is 0 Å². The van der Waals surface area contributed by atoms with Crippen LogP contribution in [-0.4, -0.2) is 61.4 Å². The molecule has 2 aromatic carbocycles. The van der Waals surface area contributed by atoms with Crippen LogP contribution in [0.25, 0.3) is 0 Å². The number of pyridine rings is 1. The van der Waals surface area contributed by atoms with E-state index in [0.717, 1.165) is 50.3 Å². The summed E-state index contributed by atoms with van der Waals surface area (Å²) < 4.78 is 5.23. The van der Waals surface area contributed by atoms with Crippen molar-refractivity contribution in [3.8, 4) is 5.75 Å². The van der Waals surface area contributed by atoms with E-state index in [1.807, 2.05) is 42.5 Å². The summed E-state index contributed by atoms with van der Waals surface area (Å²) in [6, 6.07) is 20.7. The first-order valence-corrected chi connectivity index (χ1v) is 11.5. The Hall–Kier alpha value is -3.71. The molecule has 4 rings (SSSR count). The Balaban J connectivity index is 1.37. The second kappa shape index (κ2) is 11.4. The summed E-state index contributed by atoms with van der Waals surface area (Å²) in [4.78, 5) is 33.8. The summed E-state index contributed by atoms with van der Waals surface area (Å²) >= 11 is 0. The molecule has 34 heavy (non-hydrogen) atoms. The van der Waals surface area contributed by atoms with E-state index >= 15 is 0 Å². The van der Waals surface area contributed by atoms with Gasteiger partial charge in [0.25, 0.3) is 5.91 Å². The van der Waals surface area contributed by atoms with Gasteiger partial charge in [-0.25, -0.2) is 4.98 Å². The van der Waals surface area contributed by atoms with Gasteiger partial charge < -0.3 is 19.7 Å². The van der Waals surface area contributed by atoms with Gasteiger partial charge in [-0.1, -0.05) is 42.5 Å². The molecule has 1 saturated heterocycles. The fourth-order valence-electron chi connectivity index (χ4n) is 4.18. The molecule has 2 heterocycles. The second-order valence-corrected chi connectivity index (χ2v) is 8.39. The number of rotatable bonds is 9. The molecule has 1 fully saturated rings. The average Bonchev–Trinajstić information content (AvgIpc) is 2.90. The summed E-state index contributed by atoms with van der Waals surface area (Å²) in [7, 11) is 1.67. The van der Waals surface area contributed by atoms with Crippen LogP contribution in [0.2, 0.25) is 0 Å². The van der Waals surface area contributed by atoms with Gasteiger partial charge in [0.1, 0.15) is 17.9 Å². The lowest BCUT2D eigenvalue weighted by atomic mass is 10.1. The number of hydrogen-bond donors (Lipinski definition) is 1. The van der Waals surface area contributed by atoms with Crippen LogP contribution in [0.4, 0.5) is 5.82 Å². The Morgan fingerprint density at radius 2 is 1.74 bits per heavy atom. The minimum absolute atomic E-state index is 0.281. The molecule has 1 aromatic heterocycles. The molecule has 1 atom stereocenters. The Labute approximate surface area is 200 Å². The zero-order chi connectivity index (χ0) is 23.8. The van der Waals surface area contributed by atoms with Crippen LogP contribution in [0.15, 0.2) is 72.9 Å². The number of carbonyl (C=O) groups is 2. The van der Waals surface area contributed by atoms with E-state index in [9.17, 15) is 9.59 Å². The fraction of sp³-hybridized carbons (Fsp3) is 0.296. The van der Waals surface area contributed by atoms with Crippen molar-refractivity contribution in [1.29, 1.82) is 0 Å². The molecule has 0 aliphatic carbocycles. The second-order valence-electron chi connectivity index (χ2n) is 8.39. The van der Waals surface area contributed by atoms with Crippen LogP contribution < -0.4 is 15.0 Å². The highest BCUT2D eigenvalue weighted by atomic mass is 16.5. The number of piperazine rings is 1. The summed E-state index contributed by atoms with van der Waals surface area (Å²) in [5.41, 5.74) is 2.73. The van der Waals surface area contributed by atoms with Crippen molar-refractivity contribution in [2.75, 3.05) is 38.2 Å². The van der Waals surface area contributed by atoms with E-state index in [-0.39, 0.29) is 5.91 Å². The van der Waals surface area contributed by atoms with Crippen molar-refractivity contribution in [1.82, 2.24) is 15.2 Å². The maximum atomic E-state index is 13.1. The van der Waals surface area contributed by atoms with Gasteiger partial charge in [0, 0.05) is 38.9 Å². The minimum atomic E-state index is -0.593. The Bertz CT molecular complexity index is 1080. The highest BCUT2D eigenvalue weighted by Crippen LogP contribution is 2.21. The van der Waals surface area contributed by atoms with Gasteiger partial charge in [0.05, 0.1) is 18.7 Å². The van der Waals surface area contributed by atoms with Crippen LogP contribution in [0, 0.1) is 0 Å². The Morgan fingerprint density at radius 3 is 2.41 bits per heavy atom. The normalized spacial score (nSPS) is 14.9. The number of nitrogens with zero attached hydrogens (tertiary/aromatic N) is 3. The third-order valence-electron chi connectivity index (χ3n) is 6.05. The Morgan fingerprint density at radius 1 is 1.00 bits per heavy atom. The largest absolute Gasteiger partial charge is 0.497 e. The standard InChI is InChI=1S/C27H30N4O3/c1-34-24-11-9-22(10-12-24)19-30-14-16-31(17-15-30)26-25(8-5-13-28-26)27(33)29-23(20-32)18-21-6-3-2-4-7-21/h2-13,20,23H,14-19H2,1H3,(H,29,33). The summed E-state index contributed by atoms with van der Waals surface area (Å²) in [6.07, 6.45) is 2.95. The van der Waals surface area contributed by atoms with E-state index in [1.165, 1.54) is 5.56 Å². The van der Waals surface area contributed by atoms with Crippen molar-refractivity contribution >= 4 is 18.0 Å². The third kappa shape index (κ3) is 5.99. The number of anilines is 1. The van der Waals surface area contributed by atoms with Crippen LogP contribution >= 0.6 is 0 Å². The number of amides is 1. The molecule has 7 heteroatoms. The lowest BCUT2D eigenvalue weighted by molar-refractivity contribution is -0.109. The number of aromatic nitrogens is 1. The predicted molar refractivity (Wildman–Crippen MR) is 132 cm³/mol. The molecule has 1 aliphatic rings. The Kier molecular flexibility index (Phi) is 7.88. The molecule has 1 amide bonds. The molecule has 0 spiro atoms. The van der Waals surface area contributed by atoms with E-state index in [1.54, 1.807) is 25.4 Å². The van der Waals surface area contributed by atoms with Crippen molar-refractivity contribution in [3.63, 3.8) is 0 Å². The molecule has 7 nitrogen and oxygen atoms in total. The topological polar surface area (TPSA) is 74.8 Å². The quantitative estimate of drug-likeness (QED) is 0.497. The van der Waals surface area contributed by atoms with Crippen LogP contribution in [0.1, 0.15) is 21.5 Å². The molecule has 0 bridgehead atoms. The average molecular weight is 459 g/mol. The fourth-order valence-corrected chi connectivity index (χ4v) is 4.18. The van der Waals surface area contributed by atoms with Gasteiger partial charge in [0.2, 0.25) is 0 Å². The van der Waals surface area contributed by atoms with Gasteiger partial charge in [-0.15, -0.1) is 0 Å². The highest BCUT2D eigenvalue weighted by Gasteiger charge is 2.24. The monoisotopic (exact) mass is 458 g/mol. The van der Waals surface area contributed by atoms with Gasteiger partial charge in [-0.05, 0) is 41.8 Å². The first kappa shape index (κ1) is 23.4. The highest BCUT2D eigenvalue weighted by molar-refractivity contribution is 6.00. The van der Waals surface area contributed by atoms with E-state index < -0.39 is 6.04 Å².